The normalized spacial score (nSPS) is 10.9. The highest BCUT2D eigenvalue weighted by molar-refractivity contribution is 9.10. The molecule has 150 valence electrons. The van der Waals surface area contributed by atoms with Gasteiger partial charge in [0.2, 0.25) is 0 Å². The molecule has 0 radical (unpaired) electrons. The van der Waals surface area contributed by atoms with Crippen LogP contribution in [0.2, 0.25) is 0 Å². The lowest BCUT2D eigenvalue weighted by molar-refractivity contribution is -0.132. The predicted octanol–water partition coefficient (Wildman–Crippen LogP) is 7.04. The molecule has 0 unspecified atom stereocenters. The maximum absolute atomic E-state index is 11.8. The number of esters is 2. The van der Waals surface area contributed by atoms with Crippen molar-refractivity contribution >= 4 is 65.3 Å². The fraction of sp³-hybridized carbons (Fsp3) is 0.0833. The molecule has 0 amide bonds. The van der Waals surface area contributed by atoms with Crippen molar-refractivity contribution in [3.63, 3.8) is 0 Å². The monoisotopic (exact) mass is 526 g/mol. The van der Waals surface area contributed by atoms with Crippen LogP contribution in [0.15, 0.2) is 69.6 Å². The van der Waals surface area contributed by atoms with E-state index in [1.54, 1.807) is 12.1 Å². The van der Waals surface area contributed by atoms with Gasteiger partial charge in [-0.25, -0.2) is 0 Å². The van der Waals surface area contributed by atoms with Crippen molar-refractivity contribution in [2.75, 3.05) is 0 Å². The first-order valence-electron chi connectivity index (χ1n) is 9.15. The van der Waals surface area contributed by atoms with Crippen molar-refractivity contribution in [3.05, 3.63) is 69.6 Å². The van der Waals surface area contributed by atoms with Gasteiger partial charge in [0.05, 0.1) is 0 Å². The summed E-state index contributed by atoms with van der Waals surface area (Å²) in [5.74, 6) is -0.0447. The molecule has 0 bridgehead atoms. The van der Waals surface area contributed by atoms with Crippen LogP contribution in [0.25, 0.3) is 32.7 Å². The van der Waals surface area contributed by atoms with Crippen molar-refractivity contribution in [1.29, 1.82) is 0 Å². The quantitative estimate of drug-likeness (QED) is 0.212. The Morgan fingerprint density at radius 3 is 1.40 bits per heavy atom. The van der Waals surface area contributed by atoms with Crippen LogP contribution in [0, 0.1) is 0 Å². The van der Waals surface area contributed by atoms with Crippen LogP contribution in [0.3, 0.4) is 0 Å². The number of carbonyl (C=O) groups excluding carboxylic acids is 2. The number of halogens is 2. The summed E-state index contributed by atoms with van der Waals surface area (Å²) in [6, 6.07) is 19.1. The minimum absolute atomic E-state index is 0.404. The van der Waals surface area contributed by atoms with Crippen LogP contribution in [0.4, 0.5) is 0 Å². The Morgan fingerprint density at radius 1 is 0.633 bits per heavy atom. The summed E-state index contributed by atoms with van der Waals surface area (Å²) >= 11 is 7.01. The zero-order chi connectivity index (χ0) is 21.4. The van der Waals surface area contributed by atoms with Crippen molar-refractivity contribution in [2.24, 2.45) is 0 Å². The molecule has 4 aromatic carbocycles. The van der Waals surface area contributed by atoms with E-state index in [1.807, 2.05) is 48.5 Å². The maximum atomic E-state index is 11.8. The number of rotatable bonds is 3. The van der Waals surface area contributed by atoms with E-state index in [2.05, 4.69) is 31.9 Å². The number of carbonyl (C=O) groups is 2. The fourth-order valence-corrected chi connectivity index (χ4v) is 4.31. The molecule has 0 aliphatic heterocycles. The summed E-state index contributed by atoms with van der Waals surface area (Å²) in [6.07, 6.45) is 0. The van der Waals surface area contributed by atoms with Crippen LogP contribution >= 0.6 is 31.9 Å². The van der Waals surface area contributed by atoms with E-state index in [1.165, 1.54) is 13.8 Å². The molecule has 30 heavy (non-hydrogen) atoms. The van der Waals surface area contributed by atoms with Crippen molar-refractivity contribution in [2.45, 2.75) is 13.8 Å². The van der Waals surface area contributed by atoms with Crippen molar-refractivity contribution in [3.8, 4) is 22.6 Å². The lowest BCUT2D eigenvalue weighted by Crippen LogP contribution is -2.06. The number of hydrogen-bond donors (Lipinski definition) is 0. The second-order valence-corrected chi connectivity index (χ2v) is 8.63. The molecule has 0 aliphatic rings. The van der Waals surface area contributed by atoms with Crippen molar-refractivity contribution < 1.29 is 19.1 Å². The van der Waals surface area contributed by atoms with Crippen LogP contribution in [0.1, 0.15) is 13.8 Å². The molecule has 0 spiro atoms. The third-order valence-corrected chi connectivity index (χ3v) is 5.63. The smallest absolute Gasteiger partial charge is 0.308 e. The van der Waals surface area contributed by atoms with Crippen LogP contribution < -0.4 is 9.47 Å². The molecule has 0 fully saturated rings. The maximum Gasteiger partial charge on any atom is 0.308 e. The average Bonchev–Trinajstić information content (AvgIpc) is 2.67. The minimum Gasteiger partial charge on any atom is -0.426 e. The highest BCUT2D eigenvalue weighted by Crippen LogP contribution is 2.46. The average molecular weight is 528 g/mol. The van der Waals surface area contributed by atoms with E-state index in [0.717, 1.165) is 30.5 Å². The summed E-state index contributed by atoms with van der Waals surface area (Å²) in [7, 11) is 0. The Hall–Kier alpha value is -2.70. The van der Waals surface area contributed by atoms with Gasteiger partial charge >= 0.3 is 11.9 Å². The first-order chi connectivity index (χ1) is 14.3. The largest absolute Gasteiger partial charge is 0.426 e. The molecule has 0 saturated carbocycles. The van der Waals surface area contributed by atoms with Crippen molar-refractivity contribution in [1.82, 2.24) is 0 Å². The number of hydrogen-bond acceptors (Lipinski definition) is 4. The first-order valence-corrected chi connectivity index (χ1v) is 10.7. The molecule has 0 saturated heterocycles. The lowest BCUT2D eigenvalue weighted by atomic mass is 9.92. The predicted molar refractivity (Wildman–Crippen MR) is 125 cm³/mol. The van der Waals surface area contributed by atoms with E-state index < -0.39 is 11.9 Å². The molecule has 0 aromatic heterocycles. The molecular weight excluding hydrogens is 512 g/mol. The molecule has 4 aromatic rings. The van der Waals surface area contributed by atoms with Gasteiger partial charge in [-0.2, -0.15) is 0 Å². The van der Waals surface area contributed by atoms with E-state index in [0.29, 0.717) is 22.6 Å². The summed E-state index contributed by atoms with van der Waals surface area (Å²) in [5.41, 5.74) is 1.39. The van der Waals surface area contributed by atoms with Gasteiger partial charge in [0.25, 0.3) is 0 Å². The fourth-order valence-electron chi connectivity index (χ4n) is 3.56. The Balaban J connectivity index is 2.17. The summed E-state index contributed by atoms with van der Waals surface area (Å²) < 4.78 is 13.0. The second-order valence-electron chi connectivity index (χ2n) is 6.80. The van der Waals surface area contributed by atoms with E-state index in [-0.39, 0.29) is 0 Å². The Morgan fingerprint density at radius 2 is 1.03 bits per heavy atom. The third kappa shape index (κ3) is 3.98. The second kappa shape index (κ2) is 8.20. The number of ether oxygens (including phenoxy) is 2. The van der Waals surface area contributed by atoms with E-state index >= 15 is 0 Å². The Labute approximate surface area is 190 Å². The molecule has 4 rings (SSSR count). The number of benzene rings is 4. The highest BCUT2D eigenvalue weighted by atomic mass is 79.9. The SMILES string of the molecule is CC(=O)Oc1ccc2cc(Br)ccc2c1-c1c(OC(C)=O)ccc2cc(Br)ccc12. The topological polar surface area (TPSA) is 52.6 Å². The molecular formula is C24H16Br2O4. The third-order valence-electron chi connectivity index (χ3n) is 4.64. The van der Waals surface area contributed by atoms with Gasteiger partial charge in [-0.3, -0.25) is 9.59 Å². The van der Waals surface area contributed by atoms with Gasteiger partial charge < -0.3 is 9.47 Å². The van der Waals surface area contributed by atoms with Gasteiger partial charge in [0.15, 0.2) is 0 Å². The summed E-state index contributed by atoms with van der Waals surface area (Å²) in [4.78, 5) is 23.7. The standard InChI is InChI=1S/C24H16Br2O4/c1-13(27)29-21-9-3-15-11-17(25)5-7-19(15)23(21)24-20-8-6-18(26)12-16(20)4-10-22(24)30-14(2)28/h3-12H,1-2H3. The zero-order valence-corrected chi connectivity index (χ0v) is 19.3. The molecule has 0 heterocycles. The van der Waals surface area contributed by atoms with Gasteiger partial charge in [0.1, 0.15) is 11.5 Å². The van der Waals surface area contributed by atoms with Gasteiger partial charge in [-0.1, -0.05) is 56.1 Å². The molecule has 6 heteroatoms. The van der Waals surface area contributed by atoms with Crippen LogP contribution in [-0.4, -0.2) is 11.9 Å². The van der Waals surface area contributed by atoms with E-state index in [9.17, 15) is 9.59 Å². The number of fused-ring (bicyclic) bond motifs is 2. The first kappa shape index (κ1) is 20.6. The molecule has 0 aliphatic carbocycles. The van der Waals surface area contributed by atoms with E-state index in [4.69, 9.17) is 9.47 Å². The zero-order valence-electron chi connectivity index (χ0n) is 16.2. The molecule has 4 nitrogen and oxygen atoms in total. The Kier molecular flexibility index (Phi) is 5.62. The minimum atomic E-state index is -0.426. The van der Waals surface area contributed by atoms with Crippen LogP contribution in [-0.2, 0) is 9.59 Å². The summed E-state index contributed by atoms with van der Waals surface area (Å²) in [6.45, 7) is 2.73. The lowest BCUT2D eigenvalue weighted by Gasteiger charge is -2.18. The van der Waals surface area contributed by atoms with Gasteiger partial charge in [-0.15, -0.1) is 0 Å². The highest BCUT2D eigenvalue weighted by Gasteiger charge is 2.21. The summed E-state index contributed by atoms with van der Waals surface area (Å²) in [5, 5.41) is 3.66. The van der Waals surface area contributed by atoms with Gasteiger partial charge in [-0.05, 0) is 57.9 Å². The molecule has 0 atom stereocenters. The molecule has 0 N–H and O–H groups in total. The Bertz CT molecular complexity index is 1220. The van der Waals surface area contributed by atoms with Crippen LogP contribution in [0.5, 0.6) is 11.5 Å². The van der Waals surface area contributed by atoms with Gasteiger partial charge in [0, 0.05) is 33.9 Å².